The van der Waals surface area contributed by atoms with E-state index in [9.17, 15) is 14.4 Å². The van der Waals surface area contributed by atoms with Crippen LogP contribution in [0.1, 0.15) is 297 Å². The van der Waals surface area contributed by atoms with Crippen molar-refractivity contribution in [2.45, 2.75) is 303 Å². The topological polar surface area (TPSA) is 78.9 Å². The molecule has 0 heterocycles. The van der Waals surface area contributed by atoms with Gasteiger partial charge >= 0.3 is 17.9 Å². The number of ether oxygens (including phenoxy) is 3. The van der Waals surface area contributed by atoms with E-state index >= 15 is 0 Å². The van der Waals surface area contributed by atoms with Crippen molar-refractivity contribution in [1.29, 1.82) is 0 Å². The van der Waals surface area contributed by atoms with Crippen LogP contribution < -0.4 is 0 Å². The van der Waals surface area contributed by atoms with E-state index in [-0.39, 0.29) is 31.6 Å². The first-order valence-corrected chi connectivity index (χ1v) is 31.2. The molecule has 0 saturated heterocycles. The van der Waals surface area contributed by atoms with Crippen LogP contribution in [0.5, 0.6) is 0 Å². The van der Waals surface area contributed by atoms with Gasteiger partial charge in [0.15, 0.2) is 6.10 Å². The monoisotopic (exact) mass is 1030 g/mol. The van der Waals surface area contributed by atoms with Crippen molar-refractivity contribution in [3.8, 4) is 0 Å². The van der Waals surface area contributed by atoms with Gasteiger partial charge < -0.3 is 14.2 Å². The maximum Gasteiger partial charge on any atom is 0.310 e. The molecule has 0 aromatic heterocycles. The quantitative estimate of drug-likeness (QED) is 0.0261. The highest BCUT2D eigenvalue weighted by atomic mass is 16.6. The van der Waals surface area contributed by atoms with Gasteiger partial charge in [-0.25, -0.2) is 0 Å². The van der Waals surface area contributed by atoms with Crippen molar-refractivity contribution in [3.63, 3.8) is 0 Å². The highest BCUT2D eigenvalue weighted by molar-refractivity contribution is 5.72. The molecule has 6 heteroatoms. The molecule has 0 aromatic rings. The van der Waals surface area contributed by atoms with Crippen LogP contribution >= 0.6 is 0 Å². The third-order valence-electron chi connectivity index (χ3n) is 13.4. The Balaban J connectivity index is 4.34. The van der Waals surface area contributed by atoms with Gasteiger partial charge in [0.1, 0.15) is 13.2 Å². The zero-order valence-corrected chi connectivity index (χ0v) is 48.6. The van der Waals surface area contributed by atoms with Gasteiger partial charge in [-0.2, -0.15) is 0 Å². The summed E-state index contributed by atoms with van der Waals surface area (Å²) in [6.45, 7) is 6.45. The normalized spacial score (nSPS) is 12.7. The molecule has 0 aliphatic rings. The standard InChI is InChI=1S/C68H116O6/c1-4-7-10-13-16-19-22-25-28-29-30-31-32-33-34-35-36-37-38-39-41-43-46-49-52-55-58-61-67(70)73-64-65(63-72-66(69)60-57-54-51-48-45-42-27-24-21-18-15-12-9-6-3)74-68(71)62-59-56-53-50-47-44-40-26-23-20-17-14-11-8-5-2/h8,11,17,20,22,25-26,29-30,32-33,40,47,50,56,59,65H,4-7,9-10,12-16,18-19,21,23-24,27-28,31,34-39,41-46,48-49,51-55,57-58,60-64H2,1-3H3/b11-8-,20-17-,25-22-,30-29-,33-32-,40-26-,50-47-,59-56-. The van der Waals surface area contributed by atoms with Gasteiger partial charge in [0, 0.05) is 12.8 Å². The van der Waals surface area contributed by atoms with Gasteiger partial charge in [0.25, 0.3) is 0 Å². The number of esters is 3. The second kappa shape index (κ2) is 61.9. The Hall–Kier alpha value is -3.67. The van der Waals surface area contributed by atoms with Crippen molar-refractivity contribution in [3.05, 3.63) is 97.2 Å². The molecule has 0 rings (SSSR count). The van der Waals surface area contributed by atoms with Gasteiger partial charge in [-0.1, -0.05) is 291 Å². The molecule has 1 atom stereocenters. The second-order valence-corrected chi connectivity index (χ2v) is 20.6. The average molecular weight is 1030 g/mol. The summed E-state index contributed by atoms with van der Waals surface area (Å²) in [7, 11) is 0. The van der Waals surface area contributed by atoms with Gasteiger partial charge in [0.05, 0.1) is 6.42 Å². The molecule has 424 valence electrons. The lowest BCUT2D eigenvalue weighted by molar-refractivity contribution is -0.166. The Kier molecular flexibility index (Phi) is 58.8. The minimum atomic E-state index is -0.832. The molecule has 0 saturated carbocycles. The summed E-state index contributed by atoms with van der Waals surface area (Å²) in [5.74, 6) is -1.04. The predicted molar refractivity (Wildman–Crippen MR) is 320 cm³/mol. The first kappa shape index (κ1) is 70.3. The van der Waals surface area contributed by atoms with Crippen molar-refractivity contribution in [2.75, 3.05) is 13.2 Å². The molecular formula is C68H116O6. The van der Waals surface area contributed by atoms with Crippen LogP contribution in [0.3, 0.4) is 0 Å². The van der Waals surface area contributed by atoms with Crippen LogP contribution in [0.4, 0.5) is 0 Å². The Morgan fingerprint density at radius 3 is 0.892 bits per heavy atom. The van der Waals surface area contributed by atoms with E-state index in [0.717, 1.165) is 83.5 Å². The van der Waals surface area contributed by atoms with Crippen molar-refractivity contribution in [1.82, 2.24) is 0 Å². The molecule has 0 N–H and O–H groups in total. The molecule has 0 aliphatic heterocycles. The lowest BCUT2D eigenvalue weighted by Crippen LogP contribution is -2.30. The van der Waals surface area contributed by atoms with Gasteiger partial charge in [-0.15, -0.1) is 0 Å². The number of carbonyl (C=O) groups is 3. The van der Waals surface area contributed by atoms with E-state index in [4.69, 9.17) is 14.2 Å². The fraction of sp³-hybridized carbons (Fsp3) is 0.721. The van der Waals surface area contributed by atoms with Crippen molar-refractivity contribution >= 4 is 17.9 Å². The number of unbranched alkanes of at least 4 members (excludes halogenated alkanes) is 30. The first-order valence-electron chi connectivity index (χ1n) is 31.2. The van der Waals surface area contributed by atoms with Gasteiger partial charge in [0.2, 0.25) is 0 Å². The highest BCUT2D eigenvalue weighted by Crippen LogP contribution is 2.16. The van der Waals surface area contributed by atoms with Crippen LogP contribution in [0.2, 0.25) is 0 Å². The summed E-state index contributed by atoms with van der Waals surface area (Å²) in [5.41, 5.74) is 0. The van der Waals surface area contributed by atoms with Gasteiger partial charge in [-0.05, 0) is 83.5 Å². The van der Waals surface area contributed by atoms with E-state index < -0.39 is 12.1 Å². The van der Waals surface area contributed by atoms with Crippen LogP contribution in [-0.2, 0) is 28.6 Å². The molecule has 6 nitrogen and oxygen atoms in total. The minimum absolute atomic E-state index is 0.0970. The van der Waals surface area contributed by atoms with Crippen LogP contribution in [-0.4, -0.2) is 37.2 Å². The van der Waals surface area contributed by atoms with E-state index in [0.29, 0.717) is 12.8 Å². The third kappa shape index (κ3) is 59.2. The molecular weight excluding hydrogens is 913 g/mol. The summed E-state index contributed by atoms with van der Waals surface area (Å²) in [6, 6.07) is 0. The highest BCUT2D eigenvalue weighted by Gasteiger charge is 2.19. The second-order valence-electron chi connectivity index (χ2n) is 20.6. The molecule has 0 fully saturated rings. The van der Waals surface area contributed by atoms with Gasteiger partial charge in [-0.3, -0.25) is 14.4 Å². The van der Waals surface area contributed by atoms with E-state index in [1.54, 1.807) is 6.08 Å². The molecule has 74 heavy (non-hydrogen) atoms. The largest absolute Gasteiger partial charge is 0.462 e. The summed E-state index contributed by atoms with van der Waals surface area (Å²) in [5, 5.41) is 0. The van der Waals surface area contributed by atoms with E-state index in [1.807, 2.05) is 6.08 Å². The number of carbonyl (C=O) groups excluding carboxylic acids is 3. The Bertz CT molecular complexity index is 1460. The van der Waals surface area contributed by atoms with E-state index in [1.165, 1.54) is 173 Å². The zero-order valence-electron chi connectivity index (χ0n) is 48.6. The maximum absolute atomic E-state index is 12.8. The van der Waals surface area contributed by atoms with Crippen molar-refractivity contribution in [2.24, 2.45) is 0 Å². The Morgan fingerprint density at radius 1 is 0.297 bits per heavy atom. The number of rotatable bonds is 56. The van der Waals surface area contributed by atoms with Crippen LogP contribution in [0, 0.1) is 0 Å². The summed E-state index contributed by atoms with van der Waals surface area (Å²) < 4.78 is 16.8. The summed E-state index contributed by atoms with van der Waals surface area (Å²) in [6.07, 6.45) is 83.0. The predicted octanol–water partition coefficient (Wildman–Crippen LogP) is 21.3. The number of hydrogen-bond donors (Lipinski definition) is 0. The van der Waals surface area contributed by atoms with Crippen LogP contribution in [0.25, 0.3) is 0 Å². The smallest absolute Gasteiger partial charge is 0.310 e. The number of hydrogen-bond acceptors (Lipinski definition) is 6. The zero-order chi connectivity index (χ0) is 53.6. The molecule has 0 aliphatic carbocycles. The summed E-state index contributed by atoms with van der Waals surface area (Å²) >= 11 is 0. The molecule has 0 aromatic carbocycles. The molecule has 1 unspecified atom stereocenters. The third-order valence-corrected chi connectivity index (χ3v) is 13.4. The molecule has 0 spiro atoms. The average Bonchev–Trinajstić information content (AvgIpc) is 3.40. The first-order chi connectivity index (χ1) is 36.5. The lowest BCUT2D eigenvalue weighted by Gasteiger charge is -2.18. The molecule has 0 radical (unpaired) electrons. The maximum atomic E-state index is 12.8. The fourth-order valence-corrected chi connectivity index (χ4v) is 8.70. The number of allylic oxidation sites excluding steroid dienone is 15. The SMILES string of the molecule is CC/C=C\C/C=C\C/C=C\C/C=C\C/C=C\CC(=O)OC(COC(=O)CCCCCCCCCCCCCC/C=C\C/C=C\C/C=C\CCCCCCC)COC(=O)CCCCCCCCCCCCCCCC. The Labute approximate surface area is 457 Å². The minimum Gasteiger partial charge on any atom is -0.462 e. The summed E-state index contributed by atoms with van der Waals surface area (Å²) in [4.78, 5) is 38.2. The van der Waals surface area contributed by atoms with E-state index in [2.05, 4.69) is 106 Å². The fourth-order valence-electron chi connectivity index (χ4n) is 8.70. The Morgan fingerprint density at radius 2 is 0.568 bits per heavy atom. The van der Waals surface area contributed by atoms with Crippen LogP contribution in [0.15, 0.2) is 97.2 Å². The molecule has 0 amide bonds. The lowest BCUT2D eigenvalue weighted by atomic mass is 10.0. The molecule has 0 bridgehead atoms. The van der Waals surface area contributed by atoms with Crippen molar-refractivity contribution < 1.29 is 28.6 Å².